The first-order chi connectivity index (χ1) is 15.9. The number of aryl methyl sites for hydroxylation is 1. The molecular formula is C26H33N3O4. The van der Waals surface area contributed by atoms with Crippen molar-refractivity contribution in [3.63, 3.8) is 0 Å². The van der Waals surface area contributed by atoms with Crippen molar-refractivity contribution in [2.24, 2.45) is 5.92 Å². The number of rotatable bonds is 8. The van der Waals surface area contributed by atoms with Crippen molar-refractivity contribution in [2.75, 3.05) is 31.6 Å². The molecule has 0 aliphatic carbocycles. The maximum absolute atomic E-state index is 13.4. The number of hydrogen-bond donors (Lipinski definition) is 1. The van der Waals surface area contributed by atoms with Crippen molar-refractivity contribution in [1.29, 1.82) is 0 Å². The van der Waals surface area contributed by atoms with Gasteiger partial charge in [-0.05, 0) is 45.4 Å². The fourth-order valence-electron chi connectivity index (χ4n) is 4.43. The Morgan fingerprint density at radius 3 is 2.39 bits per heavy atom. The van der Waals surface area contributed by atoms with Crippen LogP contribution in [0.5, 0.6) is 5.75 Å². The van der Waals surface area contributed by atoms with E-state index < -0.39 is 12.0 Å². The molecule has 176 valence electrons. The van der Waals surface area contributed by atoms with E-state index in [0.29, 0.717) is 25.3 Å². The van der Waals surface area contributed by atoms with E-state index >= 15 is 0 Å². The lowest BCUT2D eigenvalue weighted by Gasteiger charge is -2.41. The van der Waals surface area contributed by atoms with E-state index in [0.717, 1.165) is 16.8 Å². The van der Waals surface area contributed by atoms with Gasteiger partial charge in [-0.15, -0.1) is 0 Å². The summed E-state index contributed by atoms with van der Waals surface area (Å²) >= 11 is 0. The normalized spacial score (nSPS) is 18.1. The maximum Gasteiger partial charge on any atom is 0.241 e. The van der Waals surface area contributed by atoms with Crippen LogP contribution in [0.1, 0.15) is 43.9 Å². The Morgan fingerprint density at radius 2 is 1.76 bits per heavy atom. The molecule has 1 aliphatic rings. The molecule has 0 aromatic heterocycles. The van der Waals surface area contributed by atoms with E-state index in [1.54, 1.807) is 16.9 Å². The van der Waals surface area contributed by atoms with Crippen LogP contribution in [0.25, 0.3) is 0 Å². The molecule has 2 atom stereocenters. The second kappa shape index (κ2) is 11.0. The largest absolute Gasteiger partial charge is 0.496 e. The Hall–Kier alpha value is -3.35. The first-order valence-corrected chi connectivity index (χ1v) is 11.5. The van der Waals surface area contributed by atoms with Gasteiger partial charge in [0.15, 0.2) is 0 Å². The summed E-state index contributed by atoms with van der Waals surface area (Å²) < 4.78 is 5.59. The quantitative estimate of drug-likeness (QED) is 0.667. The number of ether oxygens (including phenoxy) is 1. The summed E-state index contributed by atoms with van der Waals surface area (Å²) in [6.07, 6.45) is 0.650. The van der Waals surface area contributed by atoms with E-state index in [1.165, 1.54) is 0 Å². The van der Waals surface area contributed by atoms with Crippen molar-refractivity contribution in [2.45, 2.75) is 39.7 Å². The number of piperidine rings is 1. The predicted molar refractivity (Wildman–Crippen MR) is 128 cm³/mol. The highest BCUT2D eigenvalue weighted by atomic mass is 16.5. The number of anilines is 1. The minimum Gasteiger partial charge on any atom is -0.496 e. The molecule has 2 aromatic rings. The number of nitrogens with one attached hydrogen (secondary N) is 1. The summed E-state index contributed by atoms with van der Waals surface area (Å²) in [5, 5.41) is 2.83. The smallest absolute Gasteiger partial charge is 0.241 e. The van der Waals surface area contributed by atoms with Gasteiger partial charge in [-0.25, -0.2) is 0 Å². The molecule has 0 bridgehead atoms. The highest BCUT2D eigenvalue weighted by Gasteiger charge is 2.42. The summed E-state index contributed by atoms with van der Waals surface area (Å²) in [4.78, 5) is 42.3. The third-order valence-corrected chi connectivity index (χ3v) is 6.23. The molecule has 2 unspecified atom stereocenters. The number of nitrogens with zero attached hydrogens (tertiary/aromatic N) is 2. The van der Waals surface area contributed by atoms with Crippen LogP contribution in [0.2, 0.25) is 0 Å². The Morgan fingerprint density at radius 1 is 1.09 bits per heavy atom. The molecule has 1 heterocycles. The van der Waals surface area contributed by atoms with Gasteiger partial charge >= 0.3 is 0 Å². The van der Waals surface area contributed by atoms with Crippen LogP contribution < -0.4 is 15.0 Å². The Balaban J connectivity index is 1.97. The summed E-state index contributed by atoms with van der Waals surface area (Å²) in [5.74, 6) is -0.311. The van der Waals surface area contributed by atoms with Crippen molar-refractivity contribution in [1.82, 2.24) is 10.2 Å². The molecule has 1 fully saturated rings. The molecule has 1 aliphatic heterocycles. The van der Waals surface area contributed by atoms with Gasteiger partial charge in [0.05, 0.1) is 25.6 Å². The Labute approximate surface area is 195 Å². The van der Waals surface area contributed by atoms with Crippen molar-refractivity contribution < 1.29 is 19.1 Å². The van der Waals surface area contributed by atoms with Crippen molar-refractivity contribution in [3.8, 4) is 5.75 Å². The predicted octanol–water partition coefficient (Wildman–Crippen LogP) is 3.47. The molecule has 0 radical (unpaired) electrons. The first-order valence-electron chi connectivity index (χ1n) is 11.5. The average Bonchev–Trinajstić information content (AvgIpc) is 2.83. The van der Waals surface area contributed by atoms with E-state index in [2.05, 4.69) is 5.32 Å². The number of hydrogen-bond acceptors (Lipinski definition) is 4. The average molecular weight is 452 g/mol. The third-order valence-electron chi connectivity index (χ3n) is 6.23. The third kappa shape index (κ3) is 5.35. The summed E-state index contributed by atoms with van der Waals surface area (Å²) in [5.41, 5.74) is 2.59. The van der Waals surface area contributed by atoms with Crippen LogP contribution in [-0.2, 0) is 14.4 Å². The van der Waals surface area contributed by atoms with Gasteiger partial charge < -0.3 is 19.9 Å². The van der Waals surface area contributed by atoms with Gasteiger partial charge in [0.25, 0.3) is 0 Å². The first kappa shape index (κ1) is 24.3. The number of benzene rings is 2. The van der Waals surface area contributed by atoms with Crippen LogP contribution >= 0.6 is 0 Å². The number of carbonyl (C=O) groups excluding carboxylic acids is 3. The molecule has 7 nitrogen and oxygen atoms in total. The summed E-state index contributed by atoms with van der Waals surface area (Å²) in [6.45, 7) is 6.93. The fourth-order valence-corrected chi connectivity index (χ4v) is 4.43. The zero-order valence-corrected chi connectivity index (χ0v) is 19.8. The monoisotopic (exact) mass is 451 g/mol. The second-order valence-corrected chi connectivity index (χ2v) is 8.22. The topological polar surface area (TPSA) is 79.0 Å². The Kier molecular flexibility index (Phi) is 8.09. The number of amides is 3. The van der Waals surface area contributed by atoms with Gasteiger partial charge in [0.2, 0.25) is 17.7 Å². The molecule has 3 rings (SSSR count). The Bertz CT molecular complexity index is 985. The van der Waals surface area contributed by atoms with Gasteiger partial charge in [-0.2, -0.15) is 0 Å². The number of likely N-dealkylation sites (N-methyl/N-ethyl adjacent to an activating group) is 1. The second-order valence-electron chi connectivity index (χ2n) is 8.22. The standard InChI is InChI=1S/C26H33N3O4/c1-5-28(6-2)24(31)17-27-26(32)21-15-16-23(30)29(19-13-11-18(3)12-14-19)25(21)20-9-7-8-10-22(20)33-4/h7-14,21,25H,5-6,15-17H2,1-4H3,(H,27,32). The van der Waals surface area contributed by atoms with Gasteiger partial charge in [0, 0.05) is 30.8 Å². The number of methoxy groups -OCH3 is 1. The van der Waals surface area contributed by atoms with E-state index in [4.69, 9.17) is 4.74 Å². The number of para-hydroxylation sites is 1. The summed E-state index contributed by atoms with van der Waals surface area (Å²) in [6, 6.07) is 14.6. The van der Waals surface area contributed by atoms with Gasteiger partial charge in [-0.1, -0.05) is 35.9 Å². The highest BCUT2D eigenvalue weighted by Crippen LogP contribution is 2.43. The lowest BCUT2D eigenvalue weighted by Crippen LogP contribution is -2.50. The number of carbonyl (C=O) groups is 3. The maximum atomic E-state index is 13.4. The molecule has 3 amide bonds. The fraction of sp³-hybridized carbons (Fsp3) is 0.423. The van der Waals surface area contributed by atoms with Gasteiger partial charge in [0.1, 0.15) is 5.75 Å². The molecule has 1 saturated heterocycles. The molecule has 0 saturated carbocycles. The summed E-state index contributed by atoms with van der Waals surface area (Å²) in [7, 11) is 1.58. The minimum absolute atomic E-state index is 0.0435. The van der Waals surface area contributed by atoms with Crippen LogP contribution in [0.4, 0.5) is 5.69 Å². The zero-order chi connectivity index (χ0) is 24.0. The van der Waals surface area contributed by atoms with Crippen molar-refractivity contribution >= 4 is 23.4 Å². The van der Waals surface area contributed by atoms with E-state index in [9.17, 15) is 14.4 Å². The molecule has 7 heteroatoms. The van der Waals surface area contributed by atoms with Gasteiger partial charge in [-0.3, -0.25) is 14.4 Å². The highest BCUT2D eigenvalue weighted by molar-refractivity contribution is 5.98. The van der Waals surface area contributed by atoms with Crippen LogP contribution in [-0.4, -0.2) is 49.4 Å². The molecule has 2 aromatic carbocycles. The molecule has 1 N–H and O–H groups in total. The molecule has 0 spiro atoms. The molecular weight excluding hydrogens is 418 g/mol. The van der Waals surface area contributed by atoms with Crippen molar-refractivity contribution in [3.05, 3.63) is 59.7 Å². The van der Waals surface area contributed by atoms with E-state index in [-0.39, 0.29) is 30.7 Å². The molecule has 33 heavy (non-hydrogen) atoms. The minimum atomic E-state index is -0.548. The lowest BCUT2D eigenvalue weighted by molar-refractivity contribution is -0.135. The van der Waals surface area contributed by atoms with E-state index in [1.807, 2.05) is 69.3 Å². The van der Waals surface area contributed by atoms with Crippen LogP contribution in [0, 0.1) is 12.8 Å². The SMILES string of the molecule is CCN(CC)C(=O)CNC(=O)C1CCC(=O)N(c2ccc(C)cc2)C1c1ccccc1OC. The van der Waals surface area contributed by atoms with Crippen LogP contribution in [0.15, 0.2) is 48.5 Å². The lowest BCUT2D eigenvalue weighted by atomic mass is 9.82. The van der Waals surface area contributed by atoms with Crippen LogP contribution in [0.3, 0.4) is 0 Å². The zero-order valence-electron chi connectivity index (χ0n) is 19.8.